The van der Waals surface area contributed by atoms with Crippen molar-refractivity contribution in [3.63, 3.8) is 0 Å². The number of hydrogen-bond donors (Lipinski definition) is 0. The van der Waals surface area contributed by atoms with Crippen LogP contribution in [0, 0.1) is 17.6 Å². The Balaban J connectivity index is 1.24. The summed E-state index contributed by atoms with van der Waals surface area (Å²) in [6, 6.07) is 9.04. The SMILES string of the molecule is CS(=O)(=O)c1ccc2c(c1)ncn2C1CCN(CC[C@@H](c2cc(F)cc(F)c2)C2CCN(S(C)(=O)=O)CC2)CC1. The smallest absolute Gasteiger partial charge is 0.211 e. The molecule has 8 nitrogen and oxygen atoms in total. The first-order chi connectivity index (χ1) is 18.9. The molecular weight excluding hydrogens is 558 g/mol. The minimum Gasteiger partial charge on any atom is -0.327 e. The Morgan fingerprint density at radius 3 is 2.15 bits per heavy atom. The summed E-state index contributed by atoms with van der Waals surface area (Å²) in [5.74, 6) is -1.10. The van der Waals surface area contributed by atoms with Crippen LogP contribution in [0.25, 0.3) is 11.0 Å². The first-order valence-electron chi connectivity index (χ1n) is 13.7. The number of rotatable bonds is 8. The summed E-state index contributed by atoms with van der Waals surface area (Å²) in [5, 5.41) is 0. The molecule has 12 heteroatoms. The number of hydrogen-bond acceptors (Lipinski definition) is 6. The van der Waals surface area contributed by atoms with Gasteiger partial charge in [-0.2, -0.15) is 0 Å². The van der Waals surface area contributed by atoms with Gasteiger partial charge in [0.25, 0.3) is 0 Å². The van der Waals surface area contributed by atoms with Crippen molar-refractivity contribution in [2.75, 3.05) is 45.2 Å². The Bertz CT molecular complexity index is 1560. The van der Waals surface area contributed by atoms with Crippen molar-refractivity contribution in [3.8, 4) is 0 Å². The Kier molecular flexibility index (Phi) is 8.34. The minimum absolute atomic E-state index is 0.0636. The molecule has 218 valence electrons. The largest absolute Gasteiger partial charge is 0.327 e. The lowest BCUT2D eigenvalue weighted by Gasteiger charge is -2.37. The van der Waals surface area contributed by atoms with Crippen molar-refractivity contribution in [1.29, 1.82) is 0 Å². The van der Waals surface area contributed by atoms with Gasteiger partial charge in [0.05, 0.1) is 28.5 Å². The van der Waals surface area contributed by atoms with E-state index in [4.69, 9.17) is 0 Å². The van der Waals surface area contributed by atoms with Crippen molar-refractivity contribution in [1.82, 2.24) is 18.8 Å². The summed E-state index contributed by atoms with van der Waals surface area (Å²) in [6.45, 7) is 3.36. The summed E-state index contributed by atoms with van der Waals surface area (Å²) in [5.41, 5.74) is 2.22. The zero-order chi connectivity index (χ0) is 28.7. The van der Waals surface area contributed by atoms with E-state index in [0.29, 0.717) is 37.0 Å². The quantitative estimate of drug-likeness (QED) is 0.388. The van der Waals surface area contributed by atoms with Gasteiger partial charge in [-0.1, -0.05) is 0 Å². The van der Waals surface area contributed by atoms with E-state index in [-0.39, 0.29) is 22.8 Å². The summed E-state index contributed by atoms with van der Waals surface area (Å²) >= 11 is 0. The molecule has 1 aromatic heterocycles. The second-order valence-electron chi connectivity index (χ2n) is 11.2. The fourth-order valence-corrected chi connectivity index (χ4v) is 7.86. The number of nitrogens with zero attached hydrogens (tertiary/aromatic N) is 4. The third-order valence-corrected chi connectivity index (χ3v) is 10.9. The van der Waals surface area contributed by atoms with E-state index in [2.05, 4.69) is 14.5 Å². The number of imidazole rings is 1. The predicted octanol–water partition coefficient (Wildman–Crippen LogP) is 4.20. The third kappa shape index (κ3) is 6.56. The molecule has 3 heterocycles. The summed E-state index contributed by atoms with van der Waals surface area (Å²) in [7, 11) is -6.56. The van der Waals surface area contributed by atoms with E-state index in [1.807, 2.05) is 6.07 Å². The molecule has 0 N–H and O–H groups in total. The molecule has 5 rings (SSSR count). The van der Waals surface area contributed by atoms with E-state index < -0.39 is 31.5 Å². The van der Waals surface area contributed by atoms with E-state index in [0.717, 1.165) is 50.5 Å². The van der Waals surface area contributed by atoms with E-state index in [1.54, 1.807) is 18.5 Å². The number of piperidine rings is 2. The molecule has 3 aromatic rings. The number of likely N-dealkylation sites (tertiary alicyclic amines) is 1. The molecule has 0 radical (unpaired) electrons. The maximum atomic E-state index is 14.2. The average molecular weight is 595 g/mol. The van der Waals surface area contributed by atoms with Crippen LogP contribution in [0.5, 0.6) is 0 Å². The second-order valence-corrected chi connectivity index (χ2v) is 15.2. The molecule has 0 bridgehead atoms. The highest BCUT2D eigenvalue weighted by atomic mass is 32.2. The molecule has 2 saturated heterocycles. The van der Waals surface area contributed by atoms with E-state index in [1.165, 1.54) is 28.9 Å². The van der Waals surface area contributed by atoms with Crippen LogP contribution in [0.2, 0.25) is 0 Å². The van der Waals surface area contributed by atoms with Gasteiger partial charge in [0.15, 0.2) is 9.84 Å². The molecule has 2 fully saturated rings. The number of sulfone groups is 1. The molecule has 2 aliphatic heterocycles. The Morgan fingerprint density at radius 2 is 1.55 bits per heavy atom. The number of fused-ring (bicyclic) bond motifs is 1. The van der Waals surface area contributed by atoms with Gasteiger partial charge in [-0.15, -0.1) is 0 Å². The van der Waals surface area contributed by atoms with Crippen LogP contribution in [0.3, 0.4) is 0 Å². The fourth-order valence-electron chi connectivity index (χ4n) is 6.35. The lowest BCUT2D eigenvalue weighted by molar-refractivity contribution is 0.168. The zero-order valence-electron chi connectivity index (χ0n) is 22.8. The second kappa shape index (κ2) is 11.5. The lowest BCUT2D eigenvalue weighted by Crippen LogP contribution is -2.40. The predicted molar refractivity (Wildman–Crippen MR) is 150 cm³/mol. The minimum atomic E-state index is -3.30. The van der Waals surface area contributed by atoms with Gasteiger partial charge in [-0.05, 0) is 86.4 Å². The van der Waals surface area contributed by atoms with Crippen LogP contribution in [0.4, 0.5) is 8.78 Å². The van der Waals surface area contributed by atoms with Gasteiger partial charge < -0.3 is 9.47 Å². The normalized spacial score (nSPS) is 19.8. The van der Waals surface area contributed by atoms with Crippen molar-refractivity contribution in [2.24, 2.45) is 5.92 Å². The molecule has 0 saturated carbocycles. The molecule has 0 spiro atoms. The van der Waals surface area contributed by atoms with Gasteiger partial charge >= 0.3 is 0 Å². The number of benzene rings is 2. The summed E-state index contributed by atoms with van der Waals surface area (Å²) in [6.07, 6.45) is 8.06. The van der Waals surface area contributed by atoms with Crippen LogP contribution in [-0.2, 0) is 19.9 Å². The lowest BCUT2D eigenvalue weighted by atomic mass is 9.78. The topological polar surface area (TPSA) is 92.6 Å². The molecule has 0 amide bonds. The highest BCUT2D eigenvalue weighted by molar-refractivity contribution is 7.90. The maximum Gasteiger partial charge on any atom is 0.211 e. The van der Waals surface area contributed by atoms with E-state index >= 15 is 0 Å². The fraction of sp³-hybridized carbons (Fsp3) is 0.536. The van der Waals surface area contributed by atoms with Crippen LogP contribution < -0.4 is 0 Å². The van der Waals surface area contributed by atoms with Gasteiger partial charge in [-0.3, -0.25) is 0 Å². The third-order valence-electron chi connectivity index (χ3n) is 8.53. The van der Waals surface area contributed by atoms with Crippen LogP contribution in [0.15, 0.2) is 47.6 Å². The number of aromatic nitrogens is 2. The van der Waals surface area contributed by atoms with Gasteiger partial charge in [0.1, 0.15) is 11.6 Å². The van der Waals surface area contributed by atoms with Crippen LogP contribution in [0.1, 0.15) is 49.6 Å². The molecular formula is C28H36F2N4O4S2. The van der Waals surface area contributed by atoms with Crippen molar-refractivity contribution < 1.29 is 25.6 Å². The van der Waals surface area contributed by atoms with Crippen molar-refractivity contribution in [2.45, 2.75) is 49.0 Å². The Hall–Kier alpha value is -2.41. The Morgan fingerprint density at radius 1 is 0.900 bits per heavy atom. The molecule has 0 unspecified atom stereocenters. The molecule has 40 heavy (non-hydrogen) atoms. The summed E-state index contributed by atoms with van der Waals surface area (Å²) < 4.78 is 79.7. The Labute approximate surface area is 235 Å². The molecule has 1 atom stereocenters. The highest BCUT2D eigenvalue weighted by Crippen LogP contribution is 2.37. The standard InChI is InChI=1S/C28H36F2N4O4S2/c1-39(35,36)25-3-4-28-27(18-25)31-19-34(28)24-7-10-32(11-8-24)12-9-26(21-15-22(29)17-23(30)16-21)20-5-13-33(14-6-20)40(2,37)38/h3-4,15-20,24,26H,5-14H2,1-2H3/t26-/m1/s1. The average Bonchev–Trinajstić information content (AvgIpc) is 3.31. The van der Waals surface area contributed by atoms with E-state index in [9.17, 15) is 25.6 Å². The van der Waals surface area contributed by atoms with Gasteiger partial charge in [-0.25, -0.2) is 34.9 Å². The first-order valence-corrected chi connectivity index (χ1v) is 17.4. The van der Waals surface area contributed by atoms with Crippen molar-refractivity contribution >= 4 is 30.9 Å². The van der Waals surface area contributed by atoms with Crippen molar-refractivity contribution in [3.05, 3.63) is 59.9 Å². The van der Waals surface area contributed by atoms with Gasteiger partial charge in [0.2, 0.25) is 10.0 Å². The van der Waals surface area contributed by atoms with Crippen LogP contribution in [-0.4, -0.2) is 80.8 Å². The first kappa shape index (κ1) is 29.1. The monoisotopic (exact) mass is 594 g/mol. The molecule has 0 aliphatic carbocycles. The highest BCUT2D eigenvalue weighted by Gasteiger charge is 2.32. The molecule has 2 aliphatic rings. The van der Waals surface area contributed by atoms with Crippen LogP contribution >= 0.6 is 0 Å². The zero-order valence-corrected chi connectivity index (χ0v) is 24.5. The molecule has 2 aromatic carbocycles. The number of sulfonamides is 1. The number of halogens is 2. The van der Waals surface area contributed by atoms with Gasteiger partial charge in [0, 0.05) is 44.5 Å². The maximum absolute atomic E-state index is 14.2. The summed E-state index contributed by atoms with van der Waals surface area (Å²) in [4.78, 5) is 7.09.